The van der Waals surface area contributed by atoms with Crippen molar-refractivity contribution in [3.05, 3.63) is 70.6 Å². The fourth-order valence-electron chi connectivity index (χ4n) is 3.06. The molecule has 2 heterocycles. The van der Waals surface area contributed by atoms with Crippen molar-refractivity contribution in [2.75, 3.05) is 10.8 Å². The van der Waals surface area contributed by atoms with Gasteiger partial charge in [0.25, 0.3) is 10.0 Å². The van der Waals surface area contributed by atoms with Crippen LogP contribution in [-0.2, 0) is 16.4 Å². The predicted octanol–water partition coefficient (Wildman–Crippen LogP) is 2.28. The summed E-state index contributed by atoms with van der Waals surface area (Å²) >= 11 is 0. The van der Waals surface area contributed by atoms with Crippen LogP contribution in [0.5, 0.6) is 0 Å². The van der Waals surface area contributed by atoms with Gasteiger partial charge in [-0.15, -0.1) is 0 Å². The summed E-state index contributed by atoms with van der Waals surface area (Å²) in [5, 5.41) is 1.14. The van der Waals surface area contributed by atoms with Gasteiger partial charge in [0.2, 0.25) is 5.56 Å². The second-order valence-electron chi connectivity index (χ2n) is 5.51. The molecular formula is C17H14N2O3S. The van der Waals surface area contributed by atoms with Crippen LogP contribution in [-0.4, -0.2) is 19.9 Å². The first kappa shape index (κ1) is 14.0. The number of para-hydroxylation sites is 1. The molecule has 1 aliphatic rings. The van der Waals surface area contributed by atoms with Gasteiger partial charge in [-0.25, -0.2) is 8.42 Å². The zero-order chi connectivity index (χ0) is 16.0. The summed E-state index contributed by atoms with van der Waals surface area (Å²) in [5.41, 5.74) is 1.42. The van der Waals surface area contributed by atoms with Crippen LogP contribution in [0.25, 0.3) is 10.8 Å². The van der Waals surface area contributed by atoms with Gasteiger partial charge in [-0.3, -0.25) is 9.10 Å². The number of nitrogens with one attached hydrogen (secondary N) is 1. The summed E-state index contributed by atoms with van der Waals surface area (Å²) in [4.78, 5) is 14.4. The van der Waals surface area contributed by atoms with Crippen LogP contribution in [0.3, 0.4) is 0 Å². The fraction of sp³-hybridized carbons (Fsp3) is 0.118. The number of aromatic nitrogens is 1. The number of hydrogen-bond donors (Lipinski definition) is 1. The number of fused-ring (bicyclic) bond motifs is 2. The van der Waals surface area contributed by atoms with Gasteiger partial charge < -0.3 is 4.98 Å². The molecule has 3 aromatic rings. The average molecular weight is 326 g/mol. The molecule has 1 aromatic heterocycles. The fourth-order valence-corrected chi connectivity index (χ4v) is 4.78. The molecule has 0 aliphatic carbocycles. The molecule has 0 saturated carbocycles. The Morgan fingerprint density at radius 1 is 1.04 bits per heavy atom. The van der Waals surface area contributed by atoms with Crippen molar-refractivity contribution in [1.82, 2.24) is 4.98 Å². The molecule has 4 rings (SSSR count). The van der Waals surface area contributed by atoms with Gasteiger partial charge in [0, 0.05) is 24.2 Å². The second kappa shape index (κ2) is 4.96. The molecule has 0 bridgehead atoms. The lowest BCUT2D eigenvalue weighted by molar-refractivity contribution is 0.593. The van der Waals surface area contributed by atoms with Crippen LogP contribution in [0.1, 0.15) is 5.56 Å². The van der Waals surface area contributed by atoms with Gasteiger partial charge in [-0.05, 0) is 29.5 Å². The number of nitrogens with zero attached hydrogens (tertiary/aromatic N) is 1. The van der Waals surface area contributed by atoms with E-state index in [1.54, 1.807) is 18.2 Å². The highest BCUT2D eigenvalue weighted by molar-refractivity contribution is 7.93. The molecule has 6 heteroatoms. The van der Waals surface area contributed by atoms with E-state index in [0.29, 0.717) is 29.4 Å². The van der Waals surface area contributed by atoms with Crippen LogP contribution in [0, 0.1) is 0 Å². The molecule has 1 N–H and O–H groups in total. The molecule has 0 spiro atoms. The summed E-state index contributed by atoms with van der Waals surface area (Å²) < 4.78 is 27.7. The van der Waals surface area contributed by atoms with E-state index >= 15 is 0 Å². The Hall–Kier alpha value is -2.60. The number of hydrogen-bond acceptors (Lipinski definition) is 3. The highest BCUT2D eigenvalue weighted by Crippen LogP contribution is 2.34. The number of aromatic amines is 1. The average Bonchev–Trinajstić information content (AvgIpc) is 2.99. The molecule has 116 valence electrons. The van der Waals surface area contributed by atoms with Crippen LogP contribution in [0.4, 0.5) is 5.69 Å². The summed E-state index contributed by atoms with van der Waals surface area (Å²) in [5.74, 6) is 0. The molecule has 0 amide bonds. The van der Waals surface area contributed by atoms with Gasteiger partial charge in [-0.1, -0.05) is 30.3 Å². The molecule has 1 aliphatic heterocycles. The van der Waals surface area contributed by atoms with E-state index < -0.39 is 10.0 Å². The topological polar surface area (TPSA) is 70.2 Å². The highest BCUT2D eigenvalue weighted by atomic mass is 32.2. The standard InChI is InChI=1S/C17H14N2O3S/c20-17-10-14-13(11-18-17)5-3-7-16(14)23(21,22)19-9-8-12-4-1-2-6-15(12)19/h1-7,10-11H,8-9H2,(H,18,20). The van der Waals surface area contributed by atoms with Crippen molar-refractivity contribution >= 4 is 26.5 Å². The Labute approximate surface area is 133 Å². The highest BCUT2D eigenvalue weighted by Gasteiger charge is 2.31. The Bertz CT molecular complexity index is 1070. The first-order valence-corrected chi connectivity index (χ1v) is 8.73. The van der Waals surface area contributed by atoms with Crippen molar-refractivity contribution in [3.63, 3.8) is 0 Å². The van der Waals surface area contributed by atoms with Gasteiger partial charge >= 0.3 is 0 Å². The lowest BCUT2D eigenvalue weighted by Gasteiger charge is -2.20. The summed E-state index contributed by atoms with van der Waals surface area (Å²) in [6.45, 7) is 0.418. The number of anilines is 1. The number of rotatable bonds is 2. The largest absolute Gasteiger partial charge is 0.328 e. The molecule has 0 radical (unpaired) electrons. The summed E-state index contributed by atoms with van der Waals surface area (Å²) in [6, 6.07) is 13.9. The van der Waals surface area contributed by atoms with E-state index in [0.717, 1.165) is 5.56 Å². The third-order valence-electron chi connectivity index (χ3n) is 4.16. The Morgan fingerprint density at radius 3 is 2.74 bits per heavy atom. The molecule has 2 aromatic carbocycles. The van der Waals surface area contributed by atoms with E-state index in [1.165, 1.54) is 16.6 Å². The molecule has 0 fully saturated rings. The minimum absolute atomic E-state index is 0.165. The summed E-state index contributed by atoms with van der Waals surface area (Å²) in [7, 11) is -3.71. The number of sulfonamides is 1. The first-order chi connectivity index (χ1) is 11.1. The lowest BCUT2D eigenvalue weighted by Crippen LogP contribution is -2.29. The van der Waals surface area contributed by atoms with Gasteiger partial charge in [-0.2, -0.15) is 0 Å². The van der Waals surface area contributed by atoms with Crippen molar-refractivity contribution in [2.45, 2.75) is 11.3 Å². The van der Waals surface area contributed by atoms with Crippen molar-refractivity contribution < 1.29 is 8.42 Å². The number of pyridine rings is 1. The number of benzene rings is 2. The zero-order valence-corrected chi connectivity index (χ0v) is 13.0. The normalized spacial score (nSPS) is 14.2. The van der Waals surface area contributed by atoms with Crippen LogP contribution < -0.4 is 9.86 Å². The third-order valence-corrected chi connectivity index (χ3v) is 6.03. The second-order valence-corrected chi connectivity index (χ2v) is 7.34. The molecule has 5 nitrogen and oxygen atoms in total. The Balaban J connectivity index is 1.94. The SMILES string of the molecule is O=c1cc2c(S(=O)(=O)N3CCc4ccccc43)cccc2c[nH]1. The van der Waals surface area contributed by atoms with E-state index in [9.17, 15) is 13.2 Å². The zero-order valence-electron chi connectivity index (χ0n) is 12.2. The lowest BCUT2D eigenvalue weighted by atomic mass is 10.2. The molecule has 0 atom stereocenters. The maximum atomic E-state index is 13.1. The quantitative estimate of drug-likeness (QED) is 0.785. The van der Waals surface area contributed by atoms with Crippen LogP contribution >= 0.6 is 0 Å². The smallest absolute Gasteiger partial charge is 0.264 e. The molecule has 0 unspecified atom stereocenters. The molecule has 0 saturated heterocycles. The van der Waals surface area contributed by atoms with Gasteiger partial charge in [0.1, 0.15) is 0 Å². The maximum Gasteiger partial charge on any atom is 0.264 e. The van der Waals surface area contributed by atoms with E-state index in [4.69, 9.17) is 0 Å². The van der Waals surface area contributed by atoms with Gasteiger partial charge in [0.15, 0.2) is 0 Å². The van der Waals surface area contributed by atoms with Crippen LogP contribution in [0.15, 0.2) is 64.4 Å². The molecule has 23 heavy (non-hydrogen) atoms. The van der Waals surface area contributed by atoms with Crippen molar-refractivity contribution in [3.8, 4) is 0 Å². The molecular weight excluding hydrogens is 312 g/mol. The minimum Gasteiger partial charge on any atom is -0.328 e. The summed E-state index contributed by atoms with van der Waals surface area (Å²) in [6.07, 6.45) is 2.23. The van der Waals surface area contributed by atoms with Crippen molar-refractivity contribution in [2.24, 2.45) is 0 Å². The minimum atomic E-state index is -3.71. The predicted molar refractivity (Wildman–Crippen MR) is 89.2 cm³/mol. The Kier molecular flexibility index (Phi) is 3.02. The van der Waals surface area contributed by atoms with Crippen molar-refractivity contribution in [1.29, 1.82) is 0 Å². The van der Waals surface area contributed by atoms with E-state index in [-0.39, 0.29) is 10.5 Å². The Morgan fingerprint density at radius 2 is 1.87 bits per heavy atom. The van der Waals surface area contributed by atoms with Gasteiger partial charge in [0.05, 0.1) is 10.6 Å². The third kappa shape index (κ3) is 2.14. The maximum absolute atomic E-state index is 13.1. The van der Waals surface area contributed by atoms with E-state index in [1.807, 2.05) is 24.3 Å². The monoisotopic (exact) mass is 326 g/mol. The number of H-pyrrole nitrogens is 1. The van der Waals surface area contributed by atoms with E-state index in [2.05, 4.69) is 4.98 Å². The van der Waals surface area contributed by atoms with Crippen LogP contribution in [0.2, 0.25) is 0 Å². The first-order valence-electron chi connectivity index (χ1n) is 7.29.